The Kier molecular flexibility index (Phi) is 4.96. The van der Waals surface area contributed by atoms with Crippen LogP contribution in [0.25, 0.3) is 4.91 Å². The number of amides is 1. The lowest BCUT2D eigenvalue weighted by atomic mass is 9.82. The Hall–Kier alpha value is -3.89. The normalized spacial score (nSPS) is 18.7. The lowest BCUT2D eigenvalue weighted by Gasteiger charge is -2.31. The fourth-order valence-corrected chi connectivity index (χ4v) is 6.62. The van der Waals surface area contributed by atoms with Crippen molar-refractivity contribution in [1.29, 1.82) is 0 Å². The molecule has 0 saturated carbocycles. The van der Waals surface area contributed by atoms with Gasteiger partial charge in [-0.3, -0.25) is 4.79 Å². The number of rotatable bonds is 3. The van der Waals surface area contributed by atoms with Gasteiger partial charge in [-0.05, 0) is 41.3 Å². The Morgan fingerprint density at radius 1 is 0.706 bits per heavy atom. The third kappa shape index (κ3) is 3.06. The zero-order valence-electron chi connectivity index (χ0n) is 18.7. The largest absolute Gasteiger partial charge is 0.281 e. The van der Waals surface area contributed by atoms with Gasteiger partial charge in [0.05, 0.1) is 21.7 Å². The van der Waals surface area contributed by atoms with E-state index in [0.717, 1.165) is 21.9 Å². The second kappa shape index (κ2) is 8.15. The standard InChI is InChI=1S/C30H22N2OS/c1-21-27(29(33)32(31-21)24-17-9-4-10-18-24)28-25-19-11-12-20-26(25)30(34-28,22-13-5-2-6-14-22)23-15-7-3-8-16-23/h2-20H,1H3/b28-27+. The van der Waals surface area contributed by atoms with Crippen molar-refractivity contribution in [3.8, 4) is 0 Å². The summed E-state index contributed by atoms with van der Waals surface area (Å²) >= 11 is 1.75. The molecule has 0 radical (unpaired) electrons. The highest BCUT2D eigenvalue weighted by Gasteiger charge is 2.47. The molecule has 164 valence electrons. The summed E-state index contributed by atoms with van der Waals surface area (Å²) < 4.78 is -0.456. The smallest absolute Gasteiger partial charge is 0.267 e. The molecule has 0 fully saturated rings. The highest BCUT2D eigenvalue weighted by molar-refractivity contribution is 8.10. The van der Waals surface area contributed by atoms with Crippen LogP contribution in [-0.4, -0.2) is 11.6 Å². The Balaban J connectivity index is 1.59. The molecule has 0 atom stereocenters. The molecule has 6 rings (SSSR count). The van der Waals surface area contributed by atoms with Crippen LogP contribution in [0.3, 0.4) is 0 Å². The molecule has 0 saturated heterocycles. The average molecular weight is 459 g/mol. The predicted molar refractivity (Wildman–Crippen MR) is 141 cm³/mol. The summed E-state index contributed by atoms with van der Waals surface area (Å²) in [7, 11) is 0. The number of hydrogen-bond acceptors (Lipinski definition) is 3. The lowest BCUT2D eigenvalue weighted by Crippen LogP contribution is -2.23. The second-order valence-electron chi connectivity index (χ2n) is 8.40. The SMILES string of the molecule is CC1=NN(c2ccccc2)C(=O)/C1=C1/SC(c2ccccc2)(c2ccccc2)c2ccccc21. The Bertz CT molecular complexity index is 1400. The maximum absolute atomic E-state index is 13.7. The number of carbonyl (C=O) groups excluding carboxylic acids is 1. The van der Waals surface area contributed by atoms with Crippen LogP contribution in [0.15, 0.2) is 126 Å². The van der Waals surface area contributed by atoms with Gasteiger partial charge >= 0.3 is 0 Å². The number of carbonyl (C=O) groups is 1. The van der Waals surface area contributed by atoms with Crippen molar-refractivity contribution in [1.82, 2.24) is 0 Å². The Morgan fingerprint density at radius 3 is 1.85 bits per heavy atom. The van der Waals surface area contributed by atoms with E-state index in [4.69, 9.17) is 0 Å². The van der Waals surface area contributed by atoms with E-state index in [9.17, 15) is 4.79 Å². The molecular formula is C30H22N2OS. The van der Waals surface area contributed by atoms with Crippen molar-refractivity contribution >= 4 is 34.0 Å². The number of anilines is 1. The summed E-state index contributed by atoms with van der Waals surface area (Å²) in [6.45, 7) is 1.93. The van der Waals surface area contributed by atoms with Crippen LogP contribution in [-0.2, 0) is 9.54 Å². The Labute approximate surface area is 203 Å². The molecule has 0 aliphatic carbocycles. The molecule has 4 aromatic carbocycles. The molecule has 2 heterocycles. The fourth-order valence-electron chi connectivity index (χ4n) is 4.89. The molecule has 34 heavy (non-hydrogen) atoms. The summed E-state index contributed by atoms with van der Waals surface area (Å²) in [6, 6.07) is 39.2. The van der Waals surface area contributed by atoms with E-state index in [1.165, 1.54) is 21.7 Å². The summed E-state index contributed by atoms with van der Waals surface area (Å²) in [5, 5.41) is 6.18. The van der Waals surface area contributed by atoms with Crippen molar-refractivity contribution in [2.24, 2.45) is 5.10 Å². The fraction of sp³-hybridized carbons (Fsp3) is 0.0667. The summed E-state index contributed by atoms with van der Waals surface area (Å²) in [5.41, 5.74) is 6.85. The second-order valence-corrected chi connectivity index (χ2v) is 9.63. The summed E-state index contributed by atoms with van der Waals surface area (Å²) in [5.74, 6) is -0.0853. The molecule has 4 heteroatoms. The van der Waals surface area contributed by atoms with E-state index in [2.05, 4.69) is 71.8 Å². The van der Waals surface area contributed by atoms with Crippen molar-refractivity contribution in [3.63, 3.8) is 0 Å². The van der Waals surface area contributed by atoms with E-state index in [-0.39, 0.29) is 5.91 Å². The van der Waals surface area contributed by atoms with Gasteiger partial charge in [-0.1, -0.05) is 103 Å². The third-order valence-corrected chi connectivity index (χ3v) is 8.04. The maximum Gasteiger partial charge on any atom is 0.281 e. The maximum atomic E-state index is 13.7. The monoisotopic (exact) mass is 458 g/mol. The zero-order chi connectivity index (χ0) is 23.1. The van der Waals surface area contributed by atoms with Gasteiger partial charge in [0.2, 0.25) is 0 Å². The molecule has 0 bridgehead atoms. The molecule has 2 aliphatic rings. The number of thioether (sulfide) groups is 1. The van der Waals surface area contributed by atoms with Crippen LogP contribution in [0.4, 0.5) is 5.69 Å². The zero-order valence-corrected chi connectivity index (χ0v) is 19.5. The quantitative estimate of drug-likeness (QED) is 0.314. The van der Waals surface area contributed by atoms with Crippen LogP contribution in [0.5, 0.6) is 0 Å². The van der Waals surface area contributed by atoms with E-state index >= 15 is 0 Å². The van der Waals surface area contributed by atoms with Crippen LogP contribution < -0.4 is 5.01 Å². The van der Waals surface area contributed by atoms with Gasteiger partial charge in [-0.15, -0.1) is 11.8 Å². The van der Waals surface area contributed by atoms with Gasteiger partial charge in [0.1, 0.15) is 0 Å². The van der Waals surface area contributed by atoms with E-state index in [1.54, 1.807) is 11.8 Å². The van der Waals surface area contributed by atoms with Gasteiger partial charge in [0.15, 0.2) is 0 Å². The molecule has 1 amide bonds. The van der Waals surface area contributed by atoms with Crippen molar-refractivity contribution in [3.05, 3.63) is 143 Å². The van der Waals surface area contributed by atoms with Gasteiger partial charge in [0.25, 0.3) is 5.91 Å². The van der Waals surface area contributed by atoms with Gasteiger partial charge in [-0.2, -0.15) is 10.1 Å². The topological polar surface area (TPSA) is 32.7 Å². The highest BCUT2D eigenvalue weighted by Crippen LogP contribution is 2.62. The van der Waals surface area contributed by atoms with Crippen LogP contribution >= 0.6 is 11.8 Å². The minimum absolute atomic E-state index is 0.0853. The van der Waals surface area contributed by atoms with Crippen molar-refractivity contribution in [2.75, 3.05) is 5.01 Å². The number of nitrogens with zero attached hydrogens (tertiary/aromatic N) is 2. The van der Waals surface area contributed by atoms with Crippen LogP contribution in [0, 0.1) is 0 Å². The molecule has 3 nitrogen and oxygen atoms in total. The molecular weight excluding hydrogens is 436 g/mol. The first-order valence-corrected chi connectivity index (χ1v) is 12.1. The van der Waals surface area contributed by atoms with Crippen LogP contribution in [0.1, 0.15) is 29.2 Å². The number of fused-ring (bicyclic) bond motifs is 1. The van der Waals surface area contributed by atoms with Crippen molar-refractivity contribution < 1.29 is 4.79 Å². The third-order valence-electron chi connectivity index (χ3n) is 6.41. The molecule has 0 N–H and O–H groups in total. The van der Waals surface area contributed by atoms with E-state index in [0.29, 0.717) is 5.57 Å². The predicted octanol–water partition coefficient (Wildman–Crippen LogP) is 6.86. The minimum Gasteiger partial charge on any atom is -0.267 e. The minimum atomic E-state index is -0.456. The van der Waals surface area contributed by atoms with E-state index in [1.807, 2.05) is 55.5 Å². The van der Waals surface area contributed by atoms with Crippen molar-refractivity contribution in [2.45, 2.75) is 11.7 Å². The summed E-state index contributed by atoms with van der Waals surface area (Å²) in [4.78, 5) is 14.7. The molecule has 0 unspecified atom stereocenters. The molecule has 0 spiro atoms. The average Bonchev–Trinajstić information content (AvgIpc) is 3.40. The van der Waals surface area contributed by atoms with Gasteiger partial charge in [-0.25, -0.2) is 0 Å². The van der Waals surface area contributed by atoms with Gasteiger partial charge in [0, 0.05) is 4.91 Å². The Morgan fingerprint density at radius 2 is 1.24 bits per heavy atom. The molecule has 4 aromatic rings. The number of hydrogen-bond donors (Lipinski definition) is 0. The highest BCUT2D eigenvalue weighted by atomic mass is 32.2. The lowest BCUT2D eigenvalue weighted by molar-refractivity contribution is -0.114. The summed E-state index contributed by atoms with van der Waals surface area (Å²) in [6.07, 6.45) is 0. The first kappa shape index (κ1) is 20.7. The van der Waals surface area contributed by atoms with Crippen LogP contribution in [0.2, 0.25) is 0 Å². The first-order chi connectivity index (χ1) is 16.7. The number of hydrazone groups is 1. The van der Waals surface area contributed by atoms with Gasteiger partial charge < -0.3 is 0 Å². The molecule has 2 aliphatic heterocycles. The van der Waals surface area contributed by atoms with E-state index < -0.39 is 4.75 Å². The molecule has 0 aromatic heterocycles. The first-order valence-electron chi connectivity index (χ1n) is 11.3. The number of para-hydroxylation sites is 1. The number of benzene rings is 4.